The van der Waals surface area contributed by atoms with Gasteiger partial charge in [-0.05, 0) is 24.7 Å². The van der Waals surface area contributed by atoms with Crippen LogP contribution in [0.15, 0.2) is 0 Å². The highest BCUT2D eigenvalue weighted by atomic mass is 32.2. The molecule has 5 heteroatoms. The summed E-state index contributed by atoms with van der Waals surface area (Å²) in [7, 11) is -1.41. The van der Waals surface area contributed by atoms with Gasteiger partial charge < -0.3 is 5.32 Å². The Morgan fingerprint density at radius 3 is 2.59 bits per heavy atom. The maximum atomic E-state index is 11.2. The molecule has 1 saturated carbocycles. The molecule has 0 bridgehead atoms. The molecular formula is C12H26N2O2S. The second-order valence-electron chi connectivity index (χ2n) is 6.00. The van der Waals surface area contributed by atoms with Crippen molar-refractivity contribution in [3.8, 4) is 0 Å². The average molecular weight is 262 g/mol. The standard InChI is InChI=1S/C12H26N2O2S/c1-12(2)7-5-6-11(10-12)13-8-9-14(3)17(4,15)16/h11,13H,5-10H2,1-4H3. The Morgan fingerprint density at radius 1 is 1.41 bits per heavy atom. The molecule has 1 rings (SSSR count). The molecule has 1 aliphatic rings. The van der Waals surface area contributed by atoms with E-state index >= 15 is 0 Å². The molecule has 0 radical (unpaired) electrons. The molecule has 0 saturated heterocycles. The van der Waals surface area contributed by atoms with Gasteiger partial charge in [-0.3, -0.25) is 0 Å². The third kappa shape index (κ3) is 5.36. The largest absolute Gasteiger partial charge is 0.313 e. The smallest absolute Gasteiger partial charge is 0.210 e. The molecular weight excluding hydrogens is 236 g/mol. The molecule has 1 unspecified atom stereocenters. The van der Waals surface area contributed by atoms with Gasteiger partial charge in [0.1, 0.15) is 0 Å². The molecule has 17 heavy (non-hydrogen) atoms. The Bertz CT molecular complexity index is 338. The zero-order valence-corrected chi connectivity index (χ0v) is 12.3. The second-order valence-corrected chi connectivity index (χ2v) is 8.09. The molecule has 4 nitrogen and oxygen atoms in total. The molecule has 0 aromatic carbocycles. The average Bonchev–Trinajstić information content (AvgIpc) is 2.14. The molecule has 1 atom stereocenters. The summed E-state index contributed by atoms with van der Waals surface area (Å²) in [6, 6.07) is 0.548. The quantitative estimate of drug-likeness (QED) is 0.815. The predicted octanol–water partition coefficient (Wildman–Crippen LogP) is 1.44. The van der Waals surface area contributed by atoms with Crippen LogP contribution in [0.2, 0.25) is 0 Å². The molecule has 0 aromatic rings. The molecule has 0 aromatic heterocycles. The van der Waals surface area contributed by atoms with Gasteiger partial charge in [0.15, 0.2) is 0 Å². The van der Waals surface area contributed by atoms with Crippen molar-refractivity contribution in [3.05, 3.63) is 0 Å². The number of hydrogen-bond donors (Lipinski definition) is 1. The van der Waals surface area contributed by atoms with Gasteiger partial charge >= 0.3 is 0 Å². The van der Waals surface area contributed by atoms with E-state index in [9.17, 15) is 8.42 Å². The first kappa shape index (κ1) is 14.9. The van der Waals surface area contributed by atoms with Crippen LogP contribution >= 0.6 is 0 Å². The predicted molar refractivity (Wildman–Crippen MR) is 71.5 cm³/mol. The van der Waals surface area contributed by atoms with Gasteiger partial charge in [-0.15, -0.1) is 0 Å². The highest BCUT2D eigenvalue weighted by Crippen LogP contribution is 2.34. The maximum absolute atomic E-state index is 11.2. The first-order valence-electron chi connectivity index (χ1n) is 6.35. The van der Waals surface area contributed by atoms with Gasteiger partial charge in [-0.25, -0.2) is 12.7 Å². The van der Waals surface area contributed by atoms with Crippen LogP contribution in [0, 0.1) is 5.41 Å². The van der Waals surface area contributed by atoms with Crippen LogP contribution in [0.4, 0.5) is 0 Å². The van der Waals surface area contributed by atoms with E-state index in [0.717, 1.165) is 6.54 Å². The van der Waals surface area contributed by atoms with E-state index in [1.807, 2.05) is 0 Å². The minimum absolute atomic E-state index is 0.429. The van der Waals surface area contributed by atoms with Gasteiger partial charge in [0.05, 0.1) is 6.26 Å². The number of sulfonamides is 1. The number of nitrogens with one attached hydrogen (secondary N) is 1. The molecule has 102 valence electrons. The maximum Gasteiger partial charge on any atom is 0.210 e. The van der Waals surface area contributed by atoms with Crippen LogP contribution in [-0.4, -0.2) is 45.2 Å². The van der Waals surface area contributed by atoms with Crippen LogP contribution in [0.3, 0.4) is 0 Å². The minimum Gasteiger partial charge on any atom is -0.313 e. The second kappa shape index (κ2) is 5.67. The zero-order chi connectivity index (χ0) is 13.1. The molecule has 1 aliphatic carbocycles. The van der Waals surface area contributed by atoms with E-state index in [2.05, 4.69) is 19.2 Å². The van der Waals surface area contributed by atoms with E-state index in [0.29, 0.717) is 18.0 Å². The van der Waals surface area contributed by atoms with Gasteiger partial charge in [-0.1, -0.05) is 20.3 Å². The van der Waals surface area contributed by atoms with Crippen molar-refractivity contribution in [1.82, 2.24) is 9.62 Å². The monoisotopic (exact) mass is 262 g/mol. The first-order valence-corrected chi connectivity index (χ1v) is 8.20. The van der Waals surface area contributed by atoms with Crippen molar-refractivity contribution >= 4 is 10.0 Å². The Hall–Kier alpha value is -0.130. The fraction of sp³-hybridized carbons (Fsp3) is 1.00. The van der Waals surface area contributed by atoms with Crippen LogP contribution in [0.5, 0.6) is 0 Å². The molecule has 1 N–H and O–H groups in total. The van der Waals surface area contributed by atoms with Gasteiger partial charge in [-0.2, -0.15) is 0 Å². The third-order valence-corrected chi connectivity index (χ3v) is 4.95. The summed E-state index contributed by atoms with van der Waals surface area (Å²) in [5.74, 6) is 0. The molecule has 0 aliphatic heterocycles. The van der Waals surface area contributed by atoms with E-state index in [4.69, 9.17) is 0 Å². The highest BCUT2D eigenvalue weighted by Gasteiger charge is 2.27. The third-order valence-electron chi connectivity index (χ3n) is 3.63. The first-order chi connectivity index (χ1) is 7.71. The van der Waals surface area contributed by atoms with Gasteiger partial charge in [0.25, 0.3) is 0 Å². The summed E-state index contributed by atoms with van der Waals surface area (Å²) >= 11 is 0. The SMILES string of the molecule is CN(CCNC1CCCC(C)(C)C1)S(C)(=O)=O. The topological polar surface area (TPSA) is 49.4 Å². The number of rotatable bonds is 5. The lowest BCUT2D eigenvalue weighted by Crippen LogP contribution is -2.41. The fourth-order valence-electron chi connectivity index (χ4n) is 2.46. The van der Waals surface area contributed by atoms with Gasteiger partial charge in [0, 0.05) is 26.2 Å². The summed E-state index contributed by atoms with van der Waals surface area (Å²) in [6.45, 7) is 5.91. The number of hydrogen-bond acceptors (Lipinski definition) is 3. The molecule has 0 heterocycles. The van der Waals surface area contributed by atoms with Crippen LogP contribution in [0.25, 0.3) is 0 Å². The Labute approximate surface area is 106 Å². The lowest BCUT2D eigenvalue weighted by Gasteiger charge is -2.35. The summed E-state index contributed by atoms with van der Waals surface area (Å²) in [5, 5.41) is 3.47. The Kier molecular flexibility index (Phi) is 4.98. The van der Waals surface area contributed by atoms with Crippen molar-refractivity contribution in [1.29, 1.82) is 0 Å². The summed E-state index contributed by atoms with van der Waals surface area (Å²) < 4.78 is 23.8. The van der Waals surface area contributed by atoms with E-state index in [-0.39, 0.29) is 0 Å². The lowest BCUT2D eigenvalue weighted by molar-refractivity contribution is 0.197. The number of nitrogens with zero attached hydrogens (tertiary/aromatic N) is 1. The lowest BCUT2D eigenvalue weighted by atomic mass is 9.75. The Balaban J connectivity index is 2.28. The van der Waals surface area contributed by atoms with E-state index < -0.39 is 10.0 Å². The summed E-state index contributed by atoms with van der Waals surface area (Å²) in [4.78, 5) is 0. The summed E-state index contributed by atoms with van der Waals surface area (Å²) in [5.41, 5.74) is 0.429. The fourth-order valence-corrected chi connectivity index (χ4v) is 2.89. The van der Waals surface area contributed by atoms with Gasteiger partial charge in [0.2, 0.25) is 10.0 Å². The van der Waals surface area contributed by atoms with Crippen molar-refractivity contribution in [2.75, 3.05) is 26.4 Å². The molecule has 0 spiro atoms. The van der Waals surface area contributed by atoms with E-state index in [1.165, 1.54) is 36.2 Å². The zero-order valence-electron chi connectivity index (χ0n) is 11.5. The van der Waals surface area contributed by atoms with Crippen molar-refractivity contribution in [2.45, 2.75) is 45.6 Å². The highest BCUT2D eigenvalue weighted by molar-refractivity contribution is 7.88. The molecule has 1 fully saturated rings. The Morgan fingerprint density at radius 2 is 2.06 bits per heavy atom. The van der Waals surface area contributed by atoms with Crippen LogP contribution < -0.4 is 5.32 Å². The van der Waals surface area contributed by atoms with Crippen molar-refractivity contribution in [2.24, 2.45) is 5.41 Å². The normalized spacial score (nSPS) is 25.1. The van der Waals surface area contributed by atoms with Crippen LogP contribution in [-0.2, 0) is 10.0 Å². The summed E-state index contributed by atoms with van der Waals surface area (Å²) in [6.07, 6.45) is 6.22. The molecule has 0 amide bonds. The minimum atomic E-state index is -3.04. The number of likely N-dealkylation sites (N-methyl/N-ethyl adjacent to an activating group) is 1. The van der Waals surface area contributed by atoms with Crippen LogP contribution in [0.1, 0.15) is 39.5 Å². The van der Waals surface area contributed by atoms with Crippen molar-refractivity contribution in [3.63, 3.8) is 0 Å². The van der Waals surface area contributed by atoms with Crippen molar-refractivity contribution < 1.29 is 8.42 Å². The van der Waals surface area contributed by atoms with E-state index in [1.54, 1.807) is 7.05 Å².